The Balaban J connectivity index is 2.49. The maximum Gasteiger partial charge on any atom is 0.416 e. The fraction of sp³-hybridized carbons (Fsp3) is 0.400. The minimum atomic E-state index is -5.80. The SMILES string of the molecule is Cc1c(C)[n+](C(C)C)c([B@H-](Cl)N[B-](c2cc(C(F)(F)F)cc(C(F)(F)F)c2)(c2cc(C(F)(F)F)cc(C(F)(F)F)c2)c2cc(C(F)(F)F)cc(C(F)(F)F)c2)n1C(C)C. The molecule has 1 atom stereocenters. The average Bonchev–Trinajstić information content (AvgIpc) is 3.34. The van der Waals surface area contributed by atoms with E-state index < -0.39 is 130 Å². The number of alkyl halides is 18. The van der Waals surface area contributed by atoms with Gasteiger partial charge in [-0.2, -0.15) is 95.4 Å². The first-order valence-electron chi connectivity index (χ1n) is 17.2. The monoisotopic (exact) mass is 892 g/mol. The molecule has 0 bridgehead atoms. The highest BCUT2D eigenvalue weighted by Crippen LogP contribution is 2.39. The average molecular weight is 893 g/mol. The van der Waals surface area contributed by atoms with Gasteiger partial charge in [-0.1, -0.05) is 36.4 Å². The van der Waals surface area contributed by atoms with Gasteiger partial charge in [-0.25, -0.2) is 0 Å². The minimum absolute atomic E-state index is 0.146. The molecule has 0 aliphatic rings. The predicted molar refractivity (Wildman–Crippen MR) is 185 cm³/mol. The summed E-state index contributed by atoms with van der Waals surface area (Å²) in [5, 5.41) is 2.36. The van der Waals surface area contributed by atoms with E-state index in [1.165, 1.54) is 23.0 Å². The third-order valence-electron chi connectivity index (χ3n) is 9.93. The van der Waals surface area contributed by atoms with Crippen LogP contribution in [0, 0.1) is 13.8 Å². The van der Waals surface area contributed by atoms with E-state index in [-0.39, 0.29) is 42.1 Å². The molecular weight excluding hydrogens is 861 g/mol. The topological polar surface area (TPSA) is 20.8 Å². The van der Waals surface area contributed by atoms with Crippen LogP contribution in [0.1, 0.15) is 84.5 Å². The van der Waals surface area contributed by atoms with Crippen molar-refractivity contribution in [2.75, 3.05) is 0 Å². The van der Waals surface area contributed by atoms with Crippen molar-refractivity contribution < 1.29 is 83.6 Å². The van der Waals surface area contributed by atoms with Gasteiger partial charge in [0.25, 0.3) is 0 Å². The molecule has 1 aromatic heterocycles. The predicted octanol–water partition coefficient (Wildman–Crippen LogP) is 9.59. The molecule has 326 valence electrons. The second kappa shape index (κ2) is 15.5. The number of benzene rings is 3. The van der Waals surface area contributed by atoms with Crippen molar-refractivity contribution >= 4 is 46.1 Å². The maximum atomic E-state index is 14.5. The summed E-state index contributed by atoms with van der Waals surface area (Å²) in [7, 11) is 0. The van der Waals surface area contributed by atoms with Crippen molar-refractivity contribution in [1.82, 2.24) is 9.71 Å². The van der Waals surface area contributed by atoms with Gasteiger partial charge in [0.2, 0.25) is 6.26 Å². The number of aromatic nitrogens is 2. The Kier molecular flexibility index (Phi) is 12.5. The first-order valence-corrected chi connectivity index (χ1v) is 17.7. The molecule has 1 heterocycles. The Morgan fingerprint density at radius 3 is 0.966 bits per heavy atom. The molecule has 4 rings (SSSR count). The molecule has 0 fully saturated rings. The Morgan fingerprint density at radius 1 is 0.508 bits per heavy atom. The lowest BCUT2D eigenvalue weighted by Gasteiger charge is -2.51. The molecule has 0 aliphatic heterocycles. The van der Waals surface area contributed by atoms with Gasteiger partial charge in [0.05, 0.1) is 45.5 Å². The molecule has 0 unspecified atom stereocenters. The summed E-state index contributed by atoms with van der Waals surface area (Å²) in [6.45, 7) is 9.24. The third-order valence-corrected chi connectivity index (χ3v) is 10.3. The van der Waals surface area contributed by atoms with E-state index >= 15 is 0 Å². The van der Waals surface area contributed by atoms with Crippen LogP contribution < -0.4 is 31.8 Å². The first-order chi connectivity index (χ1) is 26.4. The number of hydrogen-bond acceptors (Lipinski definition) is 1. The van der Waals surface area contributed by atoms with Gasteiger partial charge in [-0.15, -0.1) is 0 Å². The molecule has 59 heavy (non-hydrogen) atoms. The molecule has 0 spiro atoms. The van der Waals surface area contributed by atoms with Gasteiger partial charge in [-0.05, 0) is 45.9 Å². The van der Waals surface area contributed by atoms with Crippen LogP contribution in [0.5, 0.6) is 0 Å². The van der Waals surface area contributed by atoms with Gasteiger partial charge >= 0.3 is 37.1 Å². The fourth-order valence-corrected chi connectivity index (χ4v) is 7.99. The molecule has 0 radical (unpaired) electrons. The molecule has 0 aliphatic carbocycles. The maximum absolute atomic E-state index is 14.5. The lowest BCUT2D eigenvalue weighted by atomic mass is 9.22. The van der Waals surface area contributed by atoms with Crippen LogP contribution in [-0.4, -0.2) is 17.1 Å². The van der Waals surface area contributed by atoms with E-state index in [4.69, 9.17) is 11.5 Å². The highest BCUT2D eigenvalue weighted by molar-refractivity contribution is 7.23. The number of imidazole rings is 1. The van der Waals surface area contributed by atoms with Crippen molar-refractivity contribution in [3.63, 3.8) is 0 Å². The summed E-state index contributed by atoms with van der Waals surface area (Å²) in [5.74, 6) is 0. The van der Waals surface area contributed by atoms with Crippen LogP contribution in [0.2, 0.25) is 0 Å². The quantitative estimate of drug-likeness (QED) is 0.106. The molecule has 0 saturated carbocycles. The summed E-state index contributed by atoms with van der Waals surface area (Å²) < 4.78 is 263. The van der Waals surface area contributed by atoms with Crippen LogP contribution in [-0.2, 0) is 37.1 Å². The molecule has 4 aromatic rings. The summed E-state index contributed by atoms with van der Waals surface area (Å²) in [6.07, 6.45) is -43.2. The lowest BCUT2D eigenvalue weighted by molar-refractivity contribution is -0.704. The lowest BCUT2D eigenvalue weighted by Crippen LogP contribution is -2.81. The standard InChI is InChI=1S/C35H31B2ClF18N3/c1-16(2)58-18(5)19(6)59(17(3)4)29(58)36(38)57-37(26-10-20(30(39,40)41)7-21(11-26)31(42,43)44,27-12-22(32(45,46)47)8-23(13-27)33(48,49)50)28-14-24(34(51,52)53)9-25(15-28)35(54,55)56/h7-17,36,57H,1-6H3/q-1/t36-/m1/s1. The fourth-order valence-electron chi connectivity index (χ4n) is 7.50. The smallest absolute Gasteiger partial charge is 0.416 e. The minimum Gasteiger partial charge on any atom is -0.638 e. The third kappa shape index (κ3) is 9.65. The first kappa shape index (κ1) is 47.7. The normalized spacial score (nSPS) is 14.5. The molecule has 3 aromatic carbocycles. The zero-order valence-corrected chi connectivity index (χ0v) is 32.0. The molecule has 3 nitrogen and oxygen atoms in total. The van der Waals surface area contributed by atoms with Crippen molar-refractivity contribution in [2.24, 2.45) is 0 Å². The van der Waals surface area contributed by atoms with E-state index in [2.05, 4.69) is 5.14 Å². The van der Waals surface area contributed by atoms with Crippen molar-refractivity contribution in [2.45, 2.75) is 90.7 Å². The van der Waals surface area contributed by atoms with Crippen molar-refractivity contribution in [3.8, 4) is 0 Å². The number of nitrogens with one attached hydrogen (secondary N) is 1. The van der Waals surface area contributed by atoms with E-state index in [1.807, 2.05) is 0 Å². The largest absolute Gasteiger partial charge is 0.638 e. The molecule has 0 amide bonds. The second-order valence-electron chi connectivity index (χ2n) is 14.5. The molecule has 1 N–H and O–H groups in total. The van der Waals surface area contributed by atoms with Crippen LogP contribution in [0.3, 0.4) is 0 Å². The van der Waals surface area contributed by atoms with Crippen LogP contribution >= 0.6 is 11.5 Å². The second-order valence-corrected chi connectivity index (χ2v) is 15.1. The zero-order valence-electron chi connectivity index (χ0n) is 31.2. The zero-order chi connectivity index (χ0) is 45.4. The van der Waals surface area contributed by atoms with E-state index in [1.54, 1.807) is 27.7 Å². The van der Waals surface area contributed by atoms with Crippen molar-refractivity contribution in [1.29, 1.82) is 0 Å². The Labute approximate surface area is 329 Å². The van der Waals surface area contributed by atoms with Gasteiger partial charge in [0.1, 0.15) is 23.4 Å². The highest BCUT2D eigenvalue weighted by atomic mass is 35.5. The van der Waals surface area contributed by atoms with Crippen LogP contribution in [0.4, 0.5) is 79.0 Å². The van der Waals surface area contributed by atoms with Gasteiger partial charge in [0, 0.05) is 13.8 Å². The van der Waals surface area contributed by atoms with E-state index in [0.717, 1.165) is 0 Å². The van der Waals surface area contributed by atoms with Crippen LogP contribution in [0.15, 0.2) is 54.6 Å². The summed E-state index contributed by atoms with van der Waals surface area (Å²) in [5.41, 5.74) is -17.8. The number of halogens is 19. The number of rotatable bonds is 8. The van der Waals surface area contributed by atoms with Gasteiger partial charge in [0.15, 0.2) is 0 Å². The van der Waals surface area contributed by atoms with E-state index in [9.17, 15) is 79.0 Å². The van der Waals surface area contributed by atoms with Crippen molar-refractivity contribution in [3.05, 3.63) is 99.4 Å². The summed E-state index contributed by atoms with van der Waals surface area (Å²) in [6, 6.07) is -4.05. The Morgan fingerprint density at radius 2 is 0.763 bits per heavy atom. The van der Waals surface area contributed by atoms with Crippen LogP contribution in [0.25, 0.3) is 0 Å². The highest BCUT2D eigenvalue weighted by Gasteiger charge is 2.45. The molecule has 24 heteroatoms. The number of hydrogen-bond donors (Lipinski definition) is 1. The van der Waals surface area contributed by atoms with Gasteiger partial charge in [-0.3, -0.25) is 9.13 Å². The Hall–Kier alpha value is -4.01. The summed E-state index contributed by atoms with van der Waals surface area (Å²) in [4.78, 5) is 0. The van der Waals surface area contributed by atoms with E-state index in [0.29, 0.717) is 11.4 Å². The number of nitrogens with zero attached hydrogens (tertiary/aromatic N) is 2. The van der Waals surface area contributed by atoms with Gasteiger partial charge < -0.3 is 16.6 Å². The Bertz CT molecular complexity index is 1880. The summed E-state index contributed by atoms with van der Waals surface area (Å²) >= 11 is 7.01. The molecular formula is C35H31B2ClF18N3-. The molecule has 0 saturated heterocycles.